The van der Waals surface area contributed by atoms with E-state index in [-0.39, 0.29) is 30.3 Å². The molecule has 3 rings (SSSR count). The summed E-state index contributed by atoms with van der Waals surface area (Å²) < 4.78 is 6.78. The lowest BCUT2D eigenvalue weighted by molar-refractivity contribution is -0.122. The van der Waals surface area contributed by atoms with Crippen molar-refractivity contribution in [1.82, 2.24) is 20.6 Å². The molecule has 0 aliphatic heterocycles. The Morgan fingerprint density at radius 3 is 2.50 bits per heavy atom. The van der Waals surface area contributed by atoms with E-state index in [2.05, 4.69) is 16.0 Å². The lowest BCUT2D eigenvalue weighted by Crippen LogP contribution is -2.43. The van der Waals surface area contributed by atoms with Gasteiger partial charge in [-0.2, -0.15) is 5.10 Å². The minimum absolute atomic E-state index is 0.0508. The normalized spacial score (nSPS) is 10.9. The number of nitrogens with one attached hydrogen (secondary N) is 2. The third-order valence-electron chi connectivity index (χ3n) is 4.55. The van der Waals surface area contributed by atoms with Gasteiger partial charge in [-0.15, -0.1) is 0 Å². The fraction of sp³-hybridized carbons (Fsp3) is 0.273. The van der Waals surface area contributed by atoms with Crippen molar-refractivity contribution in [1.29, 1.82) is 0 Å². The molecule has 2 aromatic carbocycles. The third kappa shape index (κ3) is 5.57. The van der Waals surface area contributed by atoms with Crippen LogP contribution in [-0.4, -0.2) is 28.2 Å². The summed E-state index contributed by atoms with van der Waals surface area (Å²) in [6.07, 6.45) is 0.519. The highest BCUT2D eigenvalue weighted by molar-refractivity contribution is 6.35. The Morgan fingerprint density at radius 1 is 1.09 bits per heavy atom. The molecule has 0 spiro atoms. The Labute approximate surface area is 194 Å². The van der Waals surface area contributed by atoms with Crippen LogP contribution in [0.3, 0.4) is 0 Å². The Balaban J connectivity index is 1.57. The molecule has 10 heteroatoms. The third-order valence-corrected chi connectivity index (χ3v) is 5.08. The van der Waals surface area contributed by atoms with Gasteiger partial charge in [0.15, 0.2) is 5.69 Å². The van der Waals surface area contributed by atoms with E-state index in [9.17, 15) is 14.4 Å². The Bertz CT molecular complexity index is 1210. The fourth-order valence-electron chi connectivity index (χ4n) is 2.98. The maximum absolute atomic E-state index is 12.7. The average Bonchev–Trinajstić information content (AvgIpc) is 2.76. The van der Waals surface area contributed by atoms with Crippen LogP contribution in [0.4, 0.5) is 0 Å². The summed E-state index contributed by atoms with van der Waals surface area (Å²) in [5.74, 6) is -0.540. The van der Waals surface area contributed by atoms with Crippen LogP contribution in [0.1, 0.15) is 43.2 Å². The summed E-state index contributed by atoms with van der Waals surface area (Å²) in [6.45, 7) is 3.85. The number of hydrogen-bond acceptors (Lipinski definition) is 5. The highest BCUT2D eigenvalue weighted by Gasteiger charge is 2.18. The van der Waals surface area contributed by atoms with Gasteiger partial charge in [-0.25, -0.2) is 4.68 Å². The number of carbonyl (C=O) groups excluding carboxylic acids is 2. The zero-order chi connectivity index (χ0) is 23.3. The van der Waals surface area contributed by atoms with Gasteiger partial charge in [-0.05, 0) is 44.5 Å². The number of hydrogen-bond donors (Lipinski definition) is 2. The van der Waals surface area contributed by atoms with E-state index < -0.39 is 11.8 Å². The minimum atomic E-state index is -0.617. The molecule has 0 saturated carbocycles. The van der Waals surface area contributed by atoms with Gasteiger partial charge in [0.25, 0.3) is 11.5 Å². The molecule has 0 saturated heterocycles. The van der Waals surface area contributed by atoms with Crippen LogP contribution in [0, 0.1) is 0 Å². The highest BCUT2D eigenvalue weighted by Crippen LogP contribution is 2.27. The second-order valence-electron chi connectivity index (χ2n) is 7.27. The molecule has 0 radical (unpaired) electrons. The van der Waals surface area contributed by atoms with Crippen LogP contribution in [0.25, 0.3) is 10.8 Å². The fourth-order valence-corrected chi connectivity index (χ4v) is 3.44. The molecule has 3 aromatic rings. The van der Waals surface area contributed by atoms with Crippen molar-refractivity contribution in [2.45, 2.75) is 32.7 Å². The lowest BCUT2D eigenvalue weighted by Gasteiger charge is -2.14. The SMILES string of the molecule is CC(C)n1nc(C(=O)NNC(=O)CCCOc2ccc(Cl)cc2Cl)c2ccccc2c1=O. The van der Waals surface area contributed by atoms with Crippen LogP contribution in [-0.2, 0) is 4.79 Å². The molecule has 32 heavy (non-hydrogen) atoms. The van der Waals surface area contributed by atoms with Crippen LogP contribution < -0.4 is 21.1 Å². The Morgan fingerprint density at radius 2 is 1.81 bits per heavy atom. The zero-order valence-electron chi connectivity index (χ0n) is 17.5. The van der Waals surface area contributed by atoms with Gasteiger partial charge in [-0.1, -0.05) is 41.4 Å². The topological polar surface area (TPSA) is 102 Å². The number of halogens is 2. The van der Waals surface area contributed by atoms with Gasteiger partial charge in [0.05, 0.1) is 23.1 Å². The van der Waals surface area contributed by atoms with Crippen molar-refractivity contribution in [3.05, 3.63) is 68.6 Å². The first kappa shape index (κ1) is 23.6. The summed E-state index contributed by atoms with van der Waals surface area (Å²) in [6, 6.07) is 11.4. The molecule has 1 heterocycles. The highest BCUT2D eigenvalue weighted by atomic mass is 35.5. The second-order valence-corrected chi connectivity index (χ2v) is 8.11. The molecular formula is C22H22Cl2N4O4. The molecule has 0 aliphatic rings. The quantitative estimate of drug-likeness (QED) is 0.397. The number of hydrazine groups is 1. The maximum atomic E-state index is 12.7. The van der Waals surface area contributed by atoms with E-state index in [0.29, 0.717) is 33.0 Å². The Hall–Kier alpha value is -3.10. The predicted molar refractivity (Wildman–Crippen MR) is 123 cm³/mol. The molecule has 1 aromatic heterocycles. The smallest absolute Gasteiger partial charge is 0.290 e. The van der Waals surface area contributed by atoms with Crippen LogP contribution in [0.5, 0.6) is 5.75 Å². The largest absolute Gasteiger partial charge is 0.492 e. The maximum Gasteiger partial charge on any atom is 0.290 e. The molecule has 0 bridgehead atoms. The number of ether oxygens (including phenoxy) is 1. The van der Waals surface area contributed by atoms with Gasteiger partial charge in [0.1, 0.15) is 5.75 Å². The molecular weight excluding hydrogens is 455 g/mol. The van der Waals surface area contributed by atoms with E-state index in [1.54, 1.807) is 56.3 Å². The van der Waals surface area contributed by atoms with Gasteiger partial charge < -0.3 is 4.74 Å². The van der Waals surface area contributed by atoms with E-state index in [1.165, 1.54) is 4.68 Å². The van der Waals surface area contributed by atoms with Gasteiger partial charge >= 0.3 is 0 Å². The summed E-state index contributed by atoms with van der Waals surface area (Å²) >= 11 is 11.9. The number of rotatable bonds is 7. The van der Waals surface area contributed by atoms with E-state index in [0.717, 1.165) is 0 Å². The van der Waals surface area contributed by atoms with Gasteiger partial charge in [0, 0.05) is 16.8 Å². The second kappa shape index (κ2) is 10.5. The summed E-state index contributed by atoms with van der Waals surface area (Å²) in [5, 5.41) is 5.88. The van der Waals surface area contributed by atoms with Crippen molar-refractivity contribution < 1.29 is 14.3 Å². The van der Waals surface area contributed by atoms with Gasteiger partial charge in [-0.3, -0.25) is 25.2 Å². The zero-order valence-corrected chi connectivity index (χ0v) is 19.0. The number of benzene rings is 2. The first-order chi connectivity index (χ1) is 15.3. The van der Waals surface area contributed by atoms with E-state index >= 15 is 0 Å². The number of nitrogens with zero attached hydrogens (tertiary/aromatic N) is 2. The molecule has 2 N–H and O–H groups in total. The first-order valence-electron chi connectivity index (χ1n) is 9.96. The number of carbonyl (C=O) groups is 2. The monoisotopic (exact) mass is 476 g/mol. The molecule has 0 aliphatic carbocycles. The Kier molecular flexibility index (Phi) is 7.71. The lowest BCUT2D eigenvalue weighted by atomic mass is 10.1. The van der Waals surface area contributed by atoms with E-state index in [1.807, 2.05) is 0 Å². The van der Waals surface area contributed by atoms with Crippen molar-refractivity contribution in [3.63, 3.8) is 0 Å². The summed E-state index contributed by atoms with van der Waals surface area (Å²) in [7, 11) is 0. The van der Waals surface area contributed by atoms with Crippen molar-refractivity contribution >= 4 is 45.8 Å². The standard InChI is InChI=1S/C22H22Cl2N4O4/c1-13(2)28-22(31)16-7-4-3-6-15(16)20(27-28)21(30)26-25-19(29)8-5-11-32-18-10-9-14(23)12-17(18)24/h3-4,6-7,9-10,12-13H,5,8,11H2,1-2H3,(H,25,29)(H,26,30). The molecule has 8 nitrogen and oxygen atoms in total. The van der Waals surface area contributed by atoms with Crippen molar-refractivity contribution in [3.8, 4) is 5.75 Å². The molecule has 0 unspecified atom stereocenters. The first-order valence-corrected chi connectivity index (χ1v) is 10.7. The van der Waals surface area contributed by atoms with Crippen molar-refractivity contribution in [2.75, 3.05) is 6.61 Å². The van der Waals surface area contributed by atoms with E-state index in [4.69, 9.17) is 27.9 Å². The molecule has 0 atom stereocenters. The number of aromatic nitrogens is 2. The number of amides is 2. The van der Waals surface area contributed by atoms with Crippen LogP contribution in [0.15, 0.2) is 47.3 Å². The number of fused-ring (bicyclic) bond motifs is 1. The minimum Gasteiger partial charge on any atom is -0.492 e. The summed E-state index contributed by atoms with van der Waals surface area (Å²) in [5.41, 5.74) is 4.49. The van der Waals surface area contributed by atoms with Crippen molar-refractivity contribution in [2.24, 2.45) is 0 Å². The molecule has 168 valence electrons. The predicted octanol–water partition coefficient (Wildman–Crippen LogP) is 3.90. The molecule has 2 amide bonds. The van der Waals surface area contributed by atoms with Crippen LogP contribution in [0.2, 0.25) is 10.0 Å². The summed E-state index contributed by atoms with van der Waals surface area (Å²) in [4.78, 5) is 37.3. The van der Waals surface area contributed by atoms with Gasteiger partial charge in [0.2, 0.25) is 5.91 Å². The van der Waals surface area contributed by atoms with Crippen LogP contribution >= 0.6 is 23.2 Å². The molecule has 0 fully saturated rings. The average molecular weight is 477 g/mol.